The van der Waals surface area contributed by atoms with E-state index in [4.69, 9.17) is 9.47 Å². The number of aryl methyl sites for hydroxylation is 1. The predicted molar refractivity (Wildman–Crippen MR) is 102 cm³/mol. The summed E-state index contributed by atoms with van der Waals surface area (Å²) >= 11 is 0. The number of likely N-dealkylation sites (tertiary alicyclic amines) is 1. The van der Waals surface area contributed by atoms with E-state index in [1.165, 1.54) is 16.7 Å². The highest BCUT2D eigenvalue weighted by Gasteiger charge is 2.80. The molecule has 2 spiro atoms. The van der Waals surface area contributed by atoms with E-state index < -0.39 is 5.60 Å². The van der Waals surface area contributed by atoms with Gasteiger partial charge in [0.25, 0.3) is 0 Å². The van der Waals surface area contributed by atoms with Crippen LogP contribution in [0.1, 0.15) is 49.3 Å². The zero-order chi connectivity index (χ0) is 18.8. The van der Waals surface area contributed by atoms with E-state index in [-0.39, 0.29) is 28.6 Å². The minimum absolute atomic E-state index is 0.0132. The average Bonchev–Trinajstić information content (AvgIpc) is 3.03. The van der Waals surface area contributed by atoms with E-state index in [1.807, 2.05) is 0 Å². The van der Waals surface area contributed by atoms with Gasteiger partial charge in [0.1, 0.15) is 23.2 Å². The third-order valence-electron chi connectivity index (χ3n) is 9.34. The Bertz CT molecular complexity index is 881. The molecule has 4 fully saturated rings. The molecule has 1 aromatic rings. The molecule has 6 aliphatic rings. The molecule has 1 aromatic carbocycles. The maximum absolute atomic E-state index is 12.8. The molecule has 0 radical (unpaired) electrons. The molecule has 7 rings (SSSR count). The summed E-state index contributed by atoms with van der Waals surface area (Å²) < 4.78 is 13.1. The van der Waals surface area contributed by atoms with Crippen molar-refractivity contribution in [1.29, 1.82) is 0 Å². The highest BCUT2D eigenvalue weighted by molar-refractivity contribution is 5.81. The lowest BCUT2D eigenvalue weighted by Gasteiger charge is -2.73. The maximum Gasteiger partial charge on any atom is 0.139 e. The van der Waals surface area contributed by atoms with Crippen molar-refractivity contribution < 1.29 is 14.3 Å². The predicted octanol–water partition coefficient (Wildman–Crippen LogP) is 3.03. The number of methoxy groups -OCH3 is 1. The first-order valence-electron chi connectivity index (χ1n) is 10.5. The van der Waals surface area contributed by atoms with Crippen molar-refractivity contribution in [3.8, 4) is 5.75 Å². The number of Topliss-reactive ketones (excluding diaryl/α,β-unsaturated/α-hetero) is 1. The normalized spacial score (nSPS) is 46.1. The van der Waals surface area contributed by atoms with E-state index in [2.05, 4.69) is 31.0 Å². The van der Waals surface area contributed by atoms with Gasteiger partial charge in [-0.3, -0.25) is 4.79 Å². The lowest BCUT2D eigenvalue weighted by atomic mass is 9.34. The summed E-state index contributed by atoms with van der Waals surface area (Å²) in [5.74, 6) is 1.32. The number of hydrogen-bond donors (Lipinski definition) is 0. The standard InChI is InChI=1S/C23H29NO3/c1-13-5-6-15-11-17-21-7-8-23(26-4,16(12-21)14(2)25)20-22(21,9-10-24(17)3)18(15)19(13)27-20/h5-6,16-17,20H,7-12H2,1-4H3. The van der Waals surface area contributed by atoms with Crippen molar-refractivity contribution in [3.63, 3.8) is 0 Å². The van der Waals surface area contributed by atoms with Crippen molar-refractivity contribution in [2.75, 3.05) is 20.7 Å². The first kappa shape index (κ1) is 16.6. The topological polar surface area (TPSA) is 38.8 Å². The molecule has 0 amide bonds. The van der Waals surface area contributed by atoms with Crippen LogP contribution in [0.5, 0.6) is 5.75 Å². The molecule has 4 heteroatoms. The van der Waals surface area contributed by atoms with E-state index in [1.54, 1.807) is 14.0 Å². The SMILES string of the molecule is COC12CCC3(CC1C(C)=O)C1Cc4ccc(C)c5c4C3(CCN1C)C2O5. The van der Waals surface area contributed by atoms with Crippen LogP contribution in [0, 0.1) is 18.3 Å². The summed E-state index contributed by atoms with van der Waals surface area (Å²) in [5.41, 5.74) is 3.86. The molecule has 0 aromatic heterocycles. The second-order valence-electron chi connectivity index (χ2n) is 9.85. The Kier molecular flexibility index (Phi) is 2.93. The molecular formula is C23H29NO3. The van der Waals surface area contributed by atoms with Crippen LogP contribution in [0.3, 0.4) is 0 Å². The second kappa shape index (κ2) is 4.77. The number of carbonyl (C=O) groups excluding carboxylic acids is 1. The van der Waals surface area contributed by atoms with Gasteiger partial charge in [-0.1, -0.05) is 12.1 Å². The Labute approximate surface area is 161 Å². The van der Waals surface area contributed by atoms with Crippen LogP contribution in [-0.4, -0.2) is 49.1 Å². The van der Waals surface area contributed by atoms with Gasteiger partial charge in [-0.05, 0) is 70.7 Å². The lowest BCUT2D eigenvalue weighted by molar-refractivity contribution is -0.270. The van der Waals surface area contributed by atoms with Gasteiger partial charge in [0.15, 0.2) is 0 Å². The Morgan fingerprint density at radius 2 is 2.11 bits per heavy atom. The Hall–Kier alpha value is -1.39. The fourth-order valence-corrected chi connectivity index (χ4v) is 8.30. The zero-order valence-corrected chi connectivity index (χ0v) is 16.8. The Balaban J connectivity index is 1.70. The average molecular weight is 367 g/mol. The number of likely N-dealkylation sites (N-methyl/N-ethyl adjacent to an activating group) is 1. The summed E-state index contributed by atoms with van der Waals surface area (Å²) in [5, 5.41) is 0. The Morgan fingerprint density at radius 3 is 2.85 bits per heavy atom. The quantitative estimate of drug-likeness (QED) is 0.805. The molecule has 4 bridgehead atoms. The number of fused-ring (bicyclic) bond motifs is 2. The fourth-order valence-electron chi connectivity index (χ4n) is 8.30. The van der Waals surface area contributed by atoms with Gasteiger partial charge < -0.3 is 14.4 Å². The highest BCUT2D eigenvalue weighted by atomic mass is 16.6. The minimum Gasteiger partial charge on any atom is -0.486 e. The molecular weight excluding hydrogens is 338 g/mol. The van der Waals surface area contributed by atoms with Crippen molar-refractivity contribution in [2.24, 2.45) is 11.3 Å². The van der Waals surface area contributed by atoms with Gasteiger partial charge in [0.05, 0.1) is 5.92 Å². The van der Waals surface area contributed by atoms with Gasteiger partial charge >= 0.3 is 0 Å². The number of rotatable bonds is 2. The molecule has 6 atom stereocenters. The zero-order valence-electron chi connectivity index (χ0n) is 16.8. The maximum atomic E-state index is 12.8. The molecule has 4 nitrogen and oxygen atoms in total. The summed E-state index contributed by atoms with van der Waals surface area (Å²) in [6, 6.07) is 5.06. The molecule has 6 unspecified atom stereocenters. The molecule has 2 aliphatic heterocycles. The fraction of sp³-hybridized carbons (Fsp3) is 0.696. The Morgan fingerprint density at radius 1 is 1.30 bits per heavy atom. The lowest BCUT2D eigenvalue weighted by Crippen LogP contribution is -2.81. The van der Waals surface area contributed by atoms with Gasteiger partial charge in [0.2, 0.25) is 0 Å². The van der Waals surface area contributed by atoms with Crippen LogP contribution >= 0.6 is 0 Å². The molecule has 1 saturated heterocycles. The van der Waals surface area contributed by atoms with E-state index in [9.17, 15) is 4.79 Å². The molecule has 2 heterocycles. The molecule has 3 saturated carbocycles. The van der Waals surface area contributed by atoms with Crippen molar-refractivity contribution in [2.45, 2.75) is 69.1 Å². The summed E-state index contributed by atoms with van der Waals surface area (Å²) in [4.78, 5) is 15.4. The van der Waals surface area contributed by atoms with Crippen LogP contribution in [-0.2, 0) is 21.4 Å². The van der Waals surface area contributed by atoms with Gasteiger partial charge in [-0.2, -0.15) is 0 Å². The van der Waals surface area contributed by atoms with Gasteiger partial charge in [-0.25, -0.2) is 0 Å². The molecule has 27 heavy (non-hydrogen) atoms. The smallest absolute Gasteiger partial charge is 0.139 e. The number of ether oxygens (including phenoxy) is 2. The summed E-state index contributed by atoms with van der Waals surface area (Å²) in [7, 11) is 4.09. The summed E-state index contributed by atoms with van der Waals surface area (Å²) in [6.45, 7) is 5.03. The van der Waals surface area contributed by atoms with Crippen LogP contribution in [0.2, 0.25) is 0 Å². The van der Waals surface area contributed by atoms with Crippen molar-refractivity contribution in [1.82, 2.24) is 4.90 Å². The third-order valence-corrected chi connectivity index (χ3v) is 9.34. The largest absolute Gasteiger partial charge is 0.486 e. The molecule has 0 N–H and O–H groups in total. The minimum atomic E-state index is -0.478. The van der Waals surface area contributed by atoms with Crippen molar-refractivity contribution in [3.05, 3.63) is 28.8 Å². The first-order chi connectivity index (χ1) is 12.9. The number of carbonyl (C=O) groups is 1. The van der Waals surface area contributed by atoms with Crippen LogP contribution in [0.25, 0.3) is 0 Å². The number of benzene rings is 1. The highest BCUT2D eigenvalue weighted by Crippen LogP contribution is 2.76. The van der Waals surface area contributed by atoms with Crippen LogP contribution in [0.4, 0.5) is 0 Å². The number of nitrogens with zero attached hydrogens (tertiary/aromatic N) is 1. The van der Waals surface area contributed by atoms with E-state index in [0.29, 0.717) is 6.04 Å². The number of ketones is 1. The monoisotopic (exact) mass is 367 g/mol. The van der Waals surface area contributed by atoms with E-state index >= 15 is 0 Å². The third kappa shape index (κ3) is 1.50. The molecule has 4 aliphatic carbocycles. The van der Waals surface area contributed by atoms with Crippen LogP contribution < -0.4 is 4.74 Å². The number of piperidine rings is 1. The molecule has 144 valence electrons. The summed E-state index contributed by atoms with van der Waals surface area (Å²) in [6.07, 6.45) is 5.21. The first-order valence-corrected chi connectivity index (χ1v) is 10.5. The van der Waals surface area contributed by atoms with Gasteiger partial charge in [0, 0.05) is 29.5 Å². The second-order valence-corrected chi connectivity index (χ2v) is 9.85. The van der Waals surface area contributed by atoms with E-state index in [0.717, 1.165) is 44.4 Å². The number of hydrogen-bond acceptors (Lipinski definition) is 4. The van der Waals surface area contributed by atoms with Gasteiger partial charge in [-0.15, -0.1) is 0 Å². The van der Waals surface area contributed by atoms with Crippen LogP contribution in [0.15, 0.2) is 12.1 Å². The van der Waals surface area contributed by atoms with Crippen molar-refractivity contribution >= 4 is 5.78 Å².